The standard InChI is InChI=1S/C24H32N4O3/c1-18(2)22(27-24(30)31-17-19-8-4-3-5-9-19)23(29)26-20-11-14-28(15-12-20)16-21-10-6-7-13-25-21/h3-10,13,18,20,22H,11-12,14-17H2,1-2H3,(H,26,29)(H,27,30)/t22-/m0/s1. The van der Waals surface area contributed by atoms with Crippen LogP contribution in [-0.4, -0.2) is 47.1 Å². The predicted octanol–water partition coefficient (Wildman–Crippen LogP) is 3.11. The number of nitrogens with one attached hydrogen (secondary N) is 2. The maximum Gasteiger partial charge on any atom is 0.408 e. The number of nitrogens with zero attached hydrogens (tertiary/aromatic N) is 2. The van der Waals surface area contributed by atoms with Crippen molar-refractivity contribution in [3.05, 3.63) is 66.0 Å². The Morgan fingerprint density at radius 2 is 1.81 bits per heavy atom. The molecule has 0 saturated carbocycles. The van der Waals surface area contributed by atoms with Crippen LogP contribution >= 0.6 is 0 Å². The molecule has 0 spiro atoms. The minimum atomic E-state index is -0.630. The molecule has 1 saturated heterocycles. The third-order valence-electron chi connectivity index (χ3n) is 5.48. The smallest absolute Gasteiger partial charge is 0.408 e. The van der Waals surface area contributed by atoms with Crippen molar-refractivity contribution in [2.45, 2.75) is 51.9 Å². The second kappa shape index (κ2) is 11.5. The molecule has 166 valence electrons. The minimum absolute atomic E-state index is 0.0477. The number of carbonyl (C=O) groups is 2. The zero-order valence-electron chi connectivity index (χ0n) is 18.3. The number of hydrogen-bond donors (Lipinski definition) is 2. The van der Waals surface area contributed by atoms with Gasteiger partial charge in [0, 0.05) is 31.9 Å². The van der Waals surface area contributed by atoms with Crippen molar-refractivity contribution in [1.82, 2.24) is 20.5 Å². The Labute approximate surface area is 184 Å². The Morgan fingerprint density at radius 1 is 1.10 bits per heavy atom. The largest absolute Gasteiger partial charge is 0.445 e. The van der Waals surface area contributed by atoms with E-state index >= 15 is 0 Å². The van der Waals surface area contributed by atoms with Gasteiger partial charge in [-0.05, 0) is 36.5 Å². The molecule has 2 N–H and O–H groups in total. The van der Waals surface area contributed by atoms with Gasteiger partial charge in [-0.25, -0.2) is 4.79 Å². The molecule has 1 aliphatic heterocycles. The first-order valence-corrected chi connectivity index (χ1v) is 10.9. The zero-order valence-corrected chi connectivity index (χ0v) is 18.3. The van der Waals surface area contributed by atoms with Crippen molar-refractivity contribution in [1.29, 1.82) is 0 Å². The number of benzene rings is 1. The molecule has 1 atom stereocenters. The highest BCUT2D eigenvalue weighted by atomic mass is 16.5. The first-order chi connectivity index (χ1) is 15.0. The van der Waals surface area contributed by atoms with Crippen molar-refractivity contribution < 1.29 is 14.3 Å². The van der Waals surface area contributed by atoms with Crippen molar-refractivity contribution in [3.8, 4) is 0 Å². The molecule has 1 aliphatic rings. The van der Waals surface area contributed by atoms with E-state index in [4.69, 9.17) is 4.74 Å². The fraction of sp³-hybridized carbons (Fsp3) is 0.458. The lowest BCUT2D eigenvalue weighted by atomic mass is 10.0. The quantitative estimate of drug-likeness (QED) is 0.680. The van der Waals surface area contributed by atoms with Gasteiger partial charge in [-0.1, -0.05) is 50.2 Å². The fourth-order valence-corrected chi connectivity index (χ4v) is 3.67. The number of pyridine rings is 1. The Kier molecular flexibility index (Phi) is 8.41. The third kappa shape index (κ3) is 7.36. The summed E-state index contributed by atoms with van der Waals surface area (Å²) in [6, 6.07) is 14.9. The van der Waals surface area contributed by atoms with Gasteiger partial charge in [0.2, 0.25) is 5.91 Å². The van der Waals surface area contributed by atoms with Gasteiger partial charge < -0.3 is 15.4 Å². The number of likely N-dealkylation sites (tertiary alicyclic amines) is 1. The maximum atomic E-state index is 12.8. The Hall–Kier alpha value is -2.93. The van der Waals surface area contributed by atoms with Crippen LogP contribution in [0.3, 0.4) is 0 Å². The van der Waals surface area contributed by atoms with E-state index in [0.29, 0.717) is 0 Å². The van der Waals surface area contributed by atoms with Crippen molar-refractivity contribution in [2.24, 2.45) is 5.92 Å². The SMILES string of the molecule is CC(C)[C@H](NC(=O)OCc1ccccc1)C(=O)NC1CCN(Cc2ccccn2)CC1. The molecule has 3 rings (SSSR count). The summed E-state index contributed by atoms with van der Waals surface area (Å²) in [7, 11) is 0. The van der Waals surface area contributed by atoms with Crippen LogP contribution in [0.4, 0.5) is 4.79 Å². The first-order valence-electron chi connectivity index (χ1n) is 10.9. The Balaban J connectivity index is 1.43. The maximum absolute atomic E-state index is 12.8. The summed E-state index contributed by atoms with van der Waals surface area (Å²) in [5, 5.41) is 5.84. The second-order valence-corrected chi connectivity index (χ2v) is 8.31. The van der Waals surface area contributed by atoms with Gasteiger partial charge >= 0.3 is 6.09 Å². The normalized spacial score (nSPS) is 16.0. The number of carbonyl (C=O) groups excluding carboxylic acids is 2. The van der Waals surface area contributed by atoms with Gasteiger partial charge in [0.25, 0.3) is 0 Å². The molecule has 1 fully saturated rings. The van der Waals surface area contributed by atoms with E-state index in [1.165, 1.54) is 0 Å². The number of amides is 2. The average Bonchev–Trinajstić information content (AvgIpc) is 2.78. The van der Waals surface area contributed by atoms with Gasteiger partial charge in [-0.3, -0.25) is 14.7 Å². The molecular weight excluding hydrogens is 392 g/mol. The Morgan fingerprint density at radius 3 is 2.45 bits per heavy atom. The number of aromatic nitrogens is 1. The van der Waals surface area contributed by atoms with Gasteiger partial charge in [0.1, 0.15) is 12.6 Å². The molecule has 7 nitrogen and oxygen atoms in total. The minimum Gasteiger partial charge on any atom is -0.445 e. The summed E-state index contributed by atoms with van der Waals surface area (Å²) in [6.45, 7) is 6.63. The zero-order chi connectivity index (χ0) is 22.1. The van der Waals surface area contributed by atoms with Crippen LogP contribution < -0.4 is 10.6 Å². The van der Waals surface area contributed by atoms with Crippen LogP contribution in [0.2, 0.25) is 0 Å². The highest BCUT2D eigenvalue weighted by molar-refractivity contribution is 5.86. The van der Waals surface area contributed by atoms with Crippen LogP contribution in [0.15, 0.2) is 54.7 Å². The van der Waals surface area contributed by atoms with E-state index in [1.54, 1.807) is 0 Å². The number of ether oxygens (including phenoxy) is 1. The molecule has 31 heavy (non-hydrogen) atoms. The molecule has 0 aliphatic carbocycles. The van der Waals surface area contributed by atoms with E-state index in [9.17, 15) is 9.59 Å². The highest BCUT2D eigenvalue weighted by Gasteiger charge is 2.28. The van der Waals surface area contributed by atoms with Gasteiger partial charge in [-0.2, -0.15) is 0 Å². The van der Waals surface area contributed by atoms with Crippen LogP contribution in [-0.2, 0) is 22.7 Å². The van der Waals surface area contributed by atoms with Crippen molar-refractivity contribution in [3.63, 3.8) is 0 Å². The van der Waals surface area contributed by atoms with Gasteiger partial charge in [0.15, 0.2) is 0 Å². The van der Waals surface area contributed by atoms with E-state index < -0.39 is 12.1 Å². The average molecular weight is 425 g/mol. The summed E-state index contributed by atoms with van der Waals surface area (Å²) >= 11 is 0. The number of alkyl carbamates (subject to hydrolysis) is 1. The summed E-state index contributed by atoms with van der Waals surface area (Å²) in [4.78, 5) is 31.8. The fourth-order valence-electron chi connectivity index (χ4n) is 3.67. The molecule has 2 heterocycles. The number of hydrogen-bond acceptors (Lipinski definition) is 5. The van der Waals surface area contributed by atoms with E-state index in [1.807, 2.05) is 68.6 Å². The van der Waals surface area contributed by atoms with Crippen molar-refractivity contribution >= 4 is 12.0 Å². The van der Waals surface area contributed by atoms with Crippen LogP contribution in [0, 0.1) is 5.92 Å². The number of piperidine rings is 1. The van der Waals surface area contributed by atoms with E-state index in [0.717, 1.165) is 43.7 Å². The second-order valence-electron chi connectivity index (χ2n) is 8.31. The summed E-state index contributed by atoms with van der Waals surface area (Å²) in [5.41, 5.74) is 1.96. The first kappa shape index (κ1) is 22.7. The predicted molar refractivity (Wildman–Crippen MR) is 119 cm³/mol. The highest BCUT2D eigenvalue weighted by Crippen LogP contribution is 2.14. The molecule has 1 aromatic carbocycles. The van der Waals surface area contributed by atoms with E-state index in [2.05, 4.69) is 20.5 Å². The third-order valence-corrected chi connectivity index (χ3v) is 5.48. The molecule has 2 amide bonds. The molecule has 0 radical (unpaired) electrons. The molecule has 0 bridgehead atoms. The topological polar surface area (TPSA) is 83.6 Å². The monoisotopic (exact) mass is 424 g/mol. The number of rotatable bonds is 8. The van der Waals surface area contributed by atoms with Crippen molar-refractivity contribution in [2.75, 3.05) is 13.1 Å². The molecule has 2 aromatic rings. The lowest BCUT2D eigenvalue weighted by Gasteiger charge is -2.33. The van der Waals surface area contributed by atoms with Crippen LogP contribution in [0.5, 0.6) is 0 Å². The molecule has 0 unspecified atom stereocenters. The Bertz CT molecular complexity index is 821. The van der Waals surface area contributed by atoms with Gasteiger partial charge in [0.05, 0.1) is 5.69 Å². The van der Waals surface area contributed by atoms with Crippen LogP contribution in [0.25, 0.3) is 0 Å². The summed E-state index contributed by atoms with van der Waals surface area (Å²) < 4.78 is 5.28. The molecular formula is C24H32N4O3. The van der Waals surface area contributed by atoms with E-state index in [-0.39, 0.29) is 24.5 Å². The van der Waals surface area contributed by atoms with Gasteiger partial charge in [-0.15, -0.1) is 0 Å². The molecule has 1 aromatic heterocycles. The lowest BCUT2D eigenvalue weighted by Crippen LogP contribution is -2.54. The molecule has 7 heteroatoms. The summed E-state index contributed by atoms with van der Waals surface area (Å²) in [6.07, 6.45) is 2.98. The lowest BCUT2D eigenvalue weighted by molar-refractivity contribution is -0.125. The van der Waals surface area contributed by atoms with Crippen LogP contribution in [0.1, 0.15) is 37.9 Å². The summed E-state index contributed by atoms with van der Waals surface area (Å²) in [5.74, 6) is -0.205.